The molecule has 6 nitrogen and oxygen atoms in total. The standard InChI is InChI=1S/C30H25FN4O2/c1-2-35-26-15-14-23(20-8-5-9-21(28(20)26)30(35)37)33-27(36)11-6-7-19-22-17-18(31)12-13-24(22)34-29(19)25-10-3-4-16-32-25/h3-5,8-10,12-17,34H,2,6-7,11H2,1H3,(H,33,36). The van der Waals surface area contributed by atoms with Gasteiger partial charge >= 0.3 is 0 Å². The Kier molecular flexibility index (Phi) is 5.68. The zero-order valence-corrected chi connectivity index (χ0v) is 20.3. The Bertz CT molecular complexity index is 1680. The summed E-state index contributed by atoms with van der Waals surface area (Å²) in [7, 11) is 0. The summed E-state index contributed by atoms with van der Waals surface area (Å²) in [4.78, 5) is 35.3. The highest BCUT2D eigenvalue weighted by molar-refractivity contribution is 6.27. The molecule has 0 radical (unpaired) electrons. The number of H-pyrrole nitrogens is 1. The number of aryl methyl sites for hydroxylation is 1. The van der Waals surface area contributed by atoms with Crippen LogP contribution < -0.4 is 10.2 Å². The number of halogens is 1. The van der Waals surface area contributed by atoms with Gasteiger partial charge in [-0.15, -0.1) is 0 Å². The number of nitrogens with one attached hydrogen (secondary N) is 2. The molecule has 6 rings (SSSR count). The summed E-state index contributed by atoms with van der Waals surface area (Å²) in [6.07, 6.45) is 3.20. The Balaban J connectivity index is 1.22. The SMILES string of the molecule is CCN1C(=O)c2cccc3c(NC(=O)CCCc4c(-c5ccccn5)[nH]c5ccc(F)cc45)ccc1c23. The highest BCUT2D eigenvalue weighted by Gasteiger charge is 2.29. The van der Waals surface area contributed by atoms with Crippen molar-refractivity contribution in [3.63, 3.8) is 0 Å². The Morgan fingerprint density at radius 3 is 2.76 bits per heavy atom. The maximum atomic E-state index is 14.1. The van der Waals surface area contributed by atoms with E-state index in [-0.39, 0.29) is 17.6 Å². The first-order valence-corrected chi connectivity index (χ1v) is 12.4. The summed E-state index contributed by atoms with van der Waals surface area (Å²) in [5.74, 6) is -0.418. The second-order valence-electron chi connectivity index (χ2n) is 9.19. The molecule has 2 amide bonds. The number of carbonyl (C=O) groups excluding carboxylic acids is 2. The van der Waals surface area contributed by atoms with Crippen LogP contribution in [0.5, 0.6) is 0 Å². The van der Waals surface area contributed by atoms with Crippen molar-refractivity contribution in [3.8, 4) is 11.4 Å². The van der Waals surface area contributed by atoms with Gasteiger partial charge in [-0.05, 0) is 73.9 Å². The molecule has 184 valence electrons. The van der Waals surface area contributed by atoms with E-state index in [1.165, 1.54) is 12.1 Å². The van der Waals surface area contributed by atoms with Crippen LogP contribution >= 0.6 is 0 Å². The van der Waals surface area contributed by atoms with Crippen molar-refractivity contribution in [1.82, 2.24) is 9.97 Å². The van der Waals surface area contributed by atoms with E-state index < -0.39 is 0 Å². The predicted molar refractivity (Wildman–Crippen MR) is 144 cm³/mol. The van der Waals surface area contributed by atoms with Gasteiger partial charge in [0.2, 0.25) is 5.91 Å². The molecule has 0 aliphatic carbocycles. The molecular weight excluding hydrogens is 467 g/mol. The maximum Gasteiger partial charge on any atom is 0.258 e. The molecular formula is C30H25FN4O2. The number of hydrogen-bond donors (Lipinski definition) is 2. The number of aromatic amines is 1. The molecule has 37 heavy (non-hydrogen) atoms. The van der Waals surface area contributed by atoms with E-state index in [0.29, 0.717) is 37.1 Å². The van der Waals surface area contributed by atoms with E-state index in [1.807, 2.05) is 55.5 Å². The van der Waals surface area contributed by atoms with Gasteiger partial charge < -0.3 is 15.2 Å². The van der Waals surface area contributed by atoms with Crippen LogP contribution in [0.1, 0.15) is 35.7 Å². The molecule has 2 aromatic heterocycles. The minimum atomic E-state index is -0.301. The normalized spacial score (nSPS) is 12.6. The molecule has 0 saturated heterocycles. The summed E-state index contributed by atoms with van der Waals surface area (Å²) in [6.45, 7) is 2.54. The minimum absolute atomic E-state index is 0.00884. The third-order valence-electron chi connectivity index (χ3n) is 7.00. The number of pyridine rings is 1. The van der Waals surface area contributed by atoms with Crippen LogP contribution in [0.3, 0.4) is 0 Å². The summed E-state index contributed by atoms with van der Waals surface area (Å²) in [5, 5.41) is 5.58. The average Bonchev–Trinajstić information content (AvgIpc) is 3.41. The van der Waals surface area contributed by atoms with Crippen LogP contribution in [0, 0.1) is 5.82 Å². The van der Waals surface area contributed by atoms with Gasteiger partial charge in [-0.25, -0.2) is 4.39 Å². The highest BCUT2D eigenvalue weighted by atomic mass is 19.1. The van der Waals surface area contributed by atoms with E-state index >= 15 is 0 Å². The number of fused-ring (bicyclic) bond motifs is 1. The van der Waals surface area contributed by atoms with Crippen molar-refractivity contribution in [2.45, 2.75) is 26.2 Å². The quantitative estimate of drug-likeness (QED) is 0.274. The molecule has 1 aliphatic heterocycles. The van der Waals surface area contributed by atoms with Crippen LogP contribution in [-0.2, 0) is 11.2 Å². The third kappa shape index (κ3) is 3.93. The lowest BCUT2D eigenvalue weighted by Crippen LogP contribution is -2.25. The molecule has 1 aliphatic rings. The van der Waals surface area contributed by atoms with Gasteiger partial charge in [0, 0.05) is 52.1 Å². The molecule has 0 bridgehead atoms. The van der Waals surface area contributed by atoms with Crippen molar-refractivity contribution in [2.24, 2.45) is 0 Å². The van der Waals surface area contributed by atoms with Gasteiger partial charge in [0.15, 0.2) is 0 Å². The van der Waals surface area contributed by atoms with Crippen molar-refractivity contribution in [3.05, 3.63) is 89.9 Å². The van der Waals surface area contributed by atoms with Crippen molar-refractivity contribution < 1.29 is 14.0 Å². The Hall–Kier alpha value is -4.52. The fourth-order valence-electron chi connectivity index (χ4n) is 5.32. The predicted octanol–water partition coefficient (Wildman–Crippen LogP) is 6.46. The molecule has 0 fully saturated rings. The highest BCUT2D eigenvalue weighted by Crippen LogP contribution is 2.40. The van der Waals surface area contributed by atoms with Gasteiger partial charge in [0.05, 0.1) is 17.1 Å². The molecule has 0 unspecified atom stereocenters. The van der Waals surface area contributed by atoms with E-state index in [9.17, 15) is 14.0 Å². The van der Waals surface area contributed by atoms with Crippen LogP contribution in [0.25, 0.3) is 33.1 Å². The van der Waals surface area contributed by atoms with E-state index in [2.05, 4.69) is 15.3 Å². The van der Waals surface area contributed by atoms with Crippen LogP contribution in [0.15, 0.2) is 72.9 Å². The van der Waals surface area contributed by atoms with Crippen molar-refractivity contribution in [2.75, 3.05) is 16.8 Å². The lowest BCUT2D eigenvalue weighted by molar-refractivity contribution is -0.116. The fourth-order valence-corrected chi connectivity index (χ4v) is 5.32. The van der Waals surface area contributed by atoms with Gasteiger partial charge in [-0.1, -0.05) is 18.2 Å². The molecule has 0 spiro atoms. The van der Waals surface area contributed by atoms with Crippen LogP contribution in [0.4, 0.5) is 15.8 Å². The van der Waals surface area contributed by atoms with E-state index in [0.717, 1.165) is 44.3 Å². The van der Waals surface area contributed by atoms with Gasteiger partial charge in [0.1, 0.15) is 5.82 Å². The second kappa shape index (κ2) is 9.17. The van der Waals surface area contributed by atoms with Crippen LogP contribution in [0.2, 0.25) is 0 Å². The molecule has 7 heteroatoms. The van der Waals surface area contributed by atoms with Gasteiger partial charge in [-0.2, -0.15) is 0 Å². The largest absolute Gasteiger partial charge is 0.353 e. The Morgan fingerprint density at radius 2 is 1.95 bits per heavy atom. The maximum absolute atomic E-state index is 14.1. The number of rotatable bonds is 7. The summed E-state index contributed by atoms with van der Waals surface area (Å²) in [6, 6.07) is 19.8. The number of nitrogens with zero attached hydrogens (tertiary/aromatic N) is 2. The summed E-state index contributed by atoms with van der Waals surface area (Å²) < 4.78 is 14.1. The minimum Gasteiger partial charge on any atom is -0.353 e. The third-order valence-corrected chi connectivity index (χ3v) is 7.00. The number of hydrogen-bond acceptors (Lipinski definition) is 3. The first-order valence-electron chi connectivity index (χ1n) is 12.4. The lowest BCUT2D eigenvalue weighted by atomic mass is 10.0. The summed E-state index contributed by atoms with van der Waals surface area (Å²) in [5.41, 5.74) is 5.65. The Morgan fingerprint density at radius 1 is 1.05 bits per heavy atom. The number of benzene rings is 3. The fraction of sp³-hybridized carbons (Fsp3) is 0.167. The lowest BCUT2D eigenvalue weighted by Gasteiger charge is -2.15. The molecule has 5 aromatic rings. The number of carbonyl (C=O) groups is 2. The smallest absolute Gasteiger partial charge is 0.258 e. The summed E-state index contributed by atoms with van der Waals surface area (Å²) >= 11 is 0. The van der Waals surface area contributed by atoms with Crippen molar-refractivity contribution in [1.29, 1.82) is 0 Å². The molecule has 0 saturated carbocycles. The molecule has 3 aromatic carbocycles. The first-order chi connectivity index (χ1) is 18.0. The molecule has 0 atom stereocenters. The Labute approximate surface area is 213 Å². The van der Waals surface area contributed by atoms with Gasteiger partial charge in [0.25, 0.3) is 5.91 Å². The monoisotopic (exact) mass is 492 g/mol. The van der Waals surface area contributed by atoms with E-state index in [1.54, 1.807) is 17.2 Å². The first kappa shape index (κ1) is 22.9. The second-order valence-corrected chi connectivity index (χ2v) is 9.19. The topological polar surface area (TPSA) is 78.1 Å². The van der Waals surface area contributed by atoms with Gasteiger partial charge in [-0.3, -0.25) is 14.6 Å². The zero-order valence-electron chi connectivity index (χ0n) is 20.3. The number of amides is 2. The van der Waals surface area contributed by atoms with Crippen LogP contribution in [-0.4, -0.2) is 28.3 Å². The molecule has 3 heterocycles. The van der Waals surface area contributed by atoms with E-state index in [4.69, 9.17) is 0 Å². The number of anilines is 2. The van der Waals surface area contributed by atoms with Crippen molar-refractivity contribution >= 4 is 44.9 Å². The molecule has 2 N–H and O–H groups in total. The average molecular weight is 493 g/mol. The zero-order chi connectivity index (χ0) is 25.5. The number of aromatic nitrogens is 2.